The number of nitrogens with one attached hydrogen (secondary N) is 2. The summed E-state index contributed by atoms with van der Waals surface area (Å²) in [5.41, 5.74) is 0. The number of ether oxygens (including phenoxy) is 1. The predicted octanol–water partition coefficient (Wildman–Crippen LogP) is -1.32. The molecule has 0 spiro atoms. The molecule has 2 heterocycles. The quantitative estimate of drug-likeness (QED) is 0.458. The maximum Gasteiger partial charge on any atom is 0.407 e. The fourth-order valence-corrected chi connectivity index (χ4v) is 1.77. The molecule has 5 heteroatoms. The third-order valence-electron chi connectivity index (χ3n) is 2.41. The Bertz CT molecular complexity index is 197. The predicted molar refractivity (Wildman–Crippen MR) is 40.6 cm³/mol. The fraction of sp³-hybridized carbons (Fsp3) is 0.857. The van der Waals surface area contributed by atoms with Gasteiger partial charge in [0.1, 0.15) is 6.10 Å². The molecule has 2 saturated heterocycles. The summed E-state index contributed by atoms with van der Waals surface area (Å²) >= 11 is 0. The molecule has 2 rings (SSSR count). The van der Waals surface area contributed by atoms with Crippen molar-refractivity contribution < 1.29 is 14.6 Å². The molecule has 0 aromatic carbocycles. The number of alkyl carbamates (subject to hydrolysis) is 1. The van der Waals surface area contributed by atoms with Crippen molar-refractivity contribution in [2.45, 2.75) is 12.1 Å². The van der Waals surface area contributed by atoms with Gasteiger partial charge in [-0.05, 0) is 0 Å². The van der Waals surface area contributed by atoms with Crippen LogP contribution in [-0.2, 0) is 4.74 Å². The van der Waals surface area contributed by atoms with Crippen molar-refractivity contribution in [1.29, 1.82) is 0 Å². The summed E-state index contributed by atoms with van der Waals surface area (Å²) in [5, 5.41) is 14.8. The van der Waals surface area contributed by atoms with Crippen LogP contribution in [0.25, 0.3) is 0 Å². The summed E-state index contributed by atoms with van der Waals surface area (Å²) in [6.45, 7) is 1.50. The Morgan fingerprint density at radius 3 is 3.17 bits per heavy atom. The second kappa shape index (κ2) is 2.91. The first-order valence-corrected chi connectivity index (χ1v) is 4.10. The minimum atomic E-state index is -0.368. The van der Waals surface area contributed by atoms with Crippen LogP contribution in [0.5, 0.6) is 0 Å². The third kappa shape index (κ3) is 1.15. The average molecular weight is 172 g/mol. The lowest BCUT2D eigenvalue weighted by atomic mass is 9.94. The fourth-order valence-electron chi connectivity index (χ4n) is 1.77. The number of aliphatic hydroxyl groups is 1. The van der Waals surface area contributed by atoms with Crippen LogP contribution in [0, 0.1) is 5.92 Å². The number of aliphatic hydroxyl groups excluding tert-OH is 1. The summed E-state index contributed by atoms with van der Waals surface area (Å²) < 4.78 is 5.02. The molecule has 0 saturated carbocycles. The molecule has 2 fully saturated rings. The van der Waals surface area contributed by atoms with Gasteiger partial charge in [0.05, 0.1) is 12.6 Å². The van der Waals surface area contributed by atoms with Crippen LogP contribution in [0.3, 0.4) is 0 Å². The van der Waals surface area contributed by atoms with Gasteiger partial charge in [0.25, 0.3) is 0 Å². The van der Waals surface area contributed by atoms with E-state index < -0.39 is 0 Å². The van der Waals surface area contributed by atoms with E-state index in [1.165, 1.54) is 0 Å². The van der Waals surface area contributed by atoms with Crippen LogP contribution in [0.2, 0.25) is 0 Å². The molecule has 2 aliphatic rings. The van der Waals surface area contributed by atoms with Gasteiger partial charge in [-0.25, -0.2) is 4.79 Å². The van der Waals surface area contributed by atoms with Gasteiger partial charge >= 0.3 is 6.09 Å². The first kappa shape index (κ1) is 7.82. The molecule has 0 radical (unpaired) electrons. The van der Waals surface area contributed by atoms with Crippen LogP contribution in [0.15, 0.2) is 0 Å². The van der Waals surface area contributed by atoms with E-state index in [-0.39, 0.29) is 30.8 Å². The standard InChI is InChI=1S/C7H12N2O3/c10-3-4-1-8-2-5-6(4)12-7(11)9-5/h4-6,8,10H,1-3H2,(H,9,11)/t4-,5+,6-/m0/s1. The maximum absolute atomic E-state index is 10.8. The second-order valence-electron chi connectivity index (χ2n) is 3.22. The Morgan fingerprint density at radius 2 is 2.42 bits per heavy atom. The van der Waals surface area contributed by atoms with Gasteiger partial charge in [-0.2, -0.15) is 0 Å². The highest BCUT2D eigenvalue weighted by Crippen LogP contribution is 2.19. The second-order valence-corrected chi connectivity index (χ2v) is 3.22. The summed E-state index contributed by atoms with van der Waals surface area (Å²) in [6, 6.07) is 0.0309. The Morgan fingerprint density at radius 1 is 1.58 bits per heavy atom. The Labute approximate surface area is 70.1 Å². The van der Waals surface area contributed by atoms with E-state index >= 15 is 0 Å². The summed E-state index contributed by atoms with van der Waals surface area (Å²) in [5.74, 6) is 0.0303. The van der Waals surface area contributed by atoms with E-state index in [2.05, 4.69) is 10.6 Å². The molecule has 3 atom stereocenters. The molecular formula is C7H12N2O3. The van der Waals surface area contributed by atoms with Gasteiger partial charge in [0, 0.05) is 19.0 Å². The maximum atomic E-state index is 10.8. The van der Waals surface area contributed by atoms with E-state index in [0.717, 1.165) is 6.54 Å². The van der Waals surface area contributed by atoms with Crippen LogP contribution >= 0.6 is 0 Å². The molecule has 12 heavy (non-hydrogen) atoms. The minimum Gasteiger partial charge on any atom is -0.444 e. The number of carbonyl (C=O) groups excluding carboxylic acids is 1. The third-order valence-corrected chi connectivity index (χ3v) is 2.41. The smallest absolute Gasteiger partial charge is 0.407 e. The summed E-state index contributed by atoms with van der Waals surface area (Å²) in [6.07, 6.45) is -0.518. The number of amides is 1. The van der Waals surface area contributed by atoms with E-state index in [1.807, 2.05) is 0 Å². The number of hydrogen-bond donors (Lipinski definition) is 3. The molecule has 5 nitrogen and oxygen atoms in total. The molecule has 1 amide bonds. The van der Waals surface area contributed by atoms with Crippen molar-refractivity contribution in [3.8, 4) is 0 Å². The van der Waals surface area contributed by atoms with Gasteiger partial charge in [-0.1, -0.05) is 0 Å². The Hall–Kier alpha value is -0.810. The van der Waals surface area contributed by atoms with E-state index in [0.29, 0.717) is 6.54 Å². The van der Waals surface area contributed by atoms with Crippen molar-refractivity contribution in [2.75, 3.05) is 19.7 Å². The van der Waals surface area contributed by atoms with E-state index in [1.54, 1.807) is 0 Å². The molecule has 0 aromatic rings. The SMILES string of the molecule is O=C1N[C@@H]2CNC[C@@H](CO)[C@@H]2O1. The zero-order valence-electron chi connectivity index (χ0n) is 6.62. The van der Waals surface area contributed by atoms with Crippen molar-refractivity contribution in [2.24, 2.45) is 5.92 Å². The van der Waals surface area contributed by atoms with Crippen LogP contribution in [0.1, 0.15) is 0 Å². The number of fused-ring (bicyclic) bond motifs is 1. The molecule has 2 aliphatic heterocycles. The van der Waals surface area contributed by atoms with Gasteiger partial charge in [0.2, 0.25) is 0 Å². The number of piperidine rings is 1. The lowest BCUT2D eigenvalue weighted by Crippen LogP contribution is -2.53. The van der Waals surface area contributed by atoms with Gasteiger partial charge in [-0.15, -0.1) is 0 Å². The summed E-state index contributed by atoms with van der Waals surface area (Å²) in [4.78, 5) is 10.8. The first-order chi connectivity index (χ1) is 5.81. The van der Waals surface area contributed by atoms with Crippen LogP contribution < -0.4 is 10.6 Å². The monoisotopic (exact) mass is 172 g/mol. The first-order valence-electron chi connectivity index (χ1n) is 4.10. The average Bonchev–Trinajstić information content (AvgIpc) is 2.44. The number of carbonyl (C=O) groups is 1. The largest absolute Gasteiger partial charge is 0.444 e. The highest BCUT2D eigenvalue weighted by atomic mass is 16.6. The number of rotatable bonds is 1. The Balaban J connectivity index is 2.07. The lowest BCUT2D eigenvalue weighted by Gasteiger charge is -2.30. The number of hydrogen-bond acceptors (Lipinski definition) is 4. The molecule has 68 valence electrons. The lowest BCUT2D eigenvalue weighted by molar-refractivity contribution is 0.0468. The van der Waals surface area contributed by atoms with Crippen LogP contribution in [0.4, 0.5) is 4.79 Å². The highest BCUT2D eigenvalue weighted by molar-refractivity contribution is 5.70. The van der Waals surface area contributed by atoms with Gasteiger partial charge in [-0.3, -0.25) is 0 Å². The normalized spacial score (nSPS) is 40.1. The van der Waals surface area contributed by atoms with Gasteiger partial charge in [0.15, 0.2) is 0 Å². The molecule has 3 N–H and O–H groups in total. The molecule has 0 bridgehead atoms. The van der Waals surface area contributed by atoms with E-state index in [4.69, 9.17) is 9.84 Å². The topological polar surface area (TPSA) is 70.6 Å². The van der Waals surface area contributed by atoms with E-state index in [9.17, 15) is 4.79 Å². The summed E-state index contributed by atoms with van der Waals surface area (Å²) in [7, 11) is 0. The molecular weight excluding hydrogens is 160 g/mol. The van der Waals surface area contributed by atoms with Crippen molar-refractivity contribution in [3.05, 3.63) is 0 Å². The van der Waals surface area contributed by atoms with Crippen LogP contribution in [-0.4, -0.2) is 43.0 Å². The zero-order chi connectivity index (χ0) is 8.55. The van der Waals surface area contributed by atoms with Gasteiger partial charge < -0.3 is 20.5 Å². The molecule has 0 aliphatic carbocycles. The van der Waals surface area contributed by atoms with Crippen molar-refractivity contribution >= 4 is 6.09 Å². The highest BCUT2D eigenvalue weighted by Gasteiger charge is 2.41. The zero-order valence-corrected chi connectivity index (χ0v) is 6.62. The minimum absolute atomic E-state index is 0.0303. The van der Waals surface area contributed by atoms with Crippen molar-refractivity contribution in [3.63, 3.8) is 0 Å². The Kier molecular flexibility index (Phi) is 1.90. The molecule has 0 aromatic heterocycles. The molecule has 0 unspecified atom stereocenters. The van der Waals surface area contributed by atoms with Crippen molar-refractivity contribution in [1.82, 2.24) is 10.6 Å².